The summed E-state index contributed by atoms with van der Waals surface area (Å²) in [6.07, 6.45) is -0.584. The number of benzene rings is 6. The normalized spacial score (nSPS) is 14.8. The Morgan fingerprint density at radius 3 is 1.89 bits per heavy atom. The molecule has 0 atom stereocenters. The molecule has 6 aromatic carbocycles. The molecule has 330 valence electrons. The van der Waals surface area contributed by atoms with Crippen LogP contribution < -0.4 is 0 Å². The van der Waals surface area contributed by atoms with E-state index in [4.69, 9.17) is 17.3 Å². The van der Waals surface area contributed by atoms with Crippen LogP contribution in [0.3, 0.4) is 0 Å². The molecule has 0 unspecified atom stereocenters. The zero-order chi connectivity index (χ0) is 53.8. The van der Waals surface area contributed by atoms with Gasteiger partial charge in [-0.25, -0.2) is 4.98 Å². The van der Waals surface area contributed by atoms with Gasteiger partial charge in [0.1, 0.15) is 11.6 Å². The second-order valence-corrected chi connectivity index (χ2v) is 20.6. The minimum atomic E-state index is -2.97. The Balaban J connectivity index is 0.00000800. The van der Waals surface area contributed by atoms with E-state index in [-0.39, 0.29) is 54.5 Å². The van der Waals surface area contributed by atoms with Crippen molar-refractivity contribution in [3.63, 3.8) is 0 Å². The summed E-state index contributed by atoms with van der Waals surface area (Å²) in [4.78, 5) is 9.96. The Labute approximate surface area is 410 Å². The summed E-state index contributed by atoms with van der Waals surface area (Å²) < 4.78 is 88.3. The topological polar surface area (TPSA) is 50.9 Å². The van der Waals surface area contributed by atoms with Crippen LogP contribution in [-0.4, -0.2) is 19.6 Å². The van der Waals surface area contributed by atoms with E-state index >= 15 is 0 Å². The van der Waals surface area contributed by atoms with Gasteiger partial charge in [0.05, 0.1) is 26.2 Å². The van der Waals surface area contributed by atoms with Crippen LogP contribution in [0.2, 0.25) is 0 Å². The summed E-state index contributed by atoms with van der Waals surface area (Å²) in [5.41, 5.74) is 6.94. The average molecular weight is 1030 g/mol. The molecule has 0 fully saturated rings. The van der Waals surface area contributed by atoms with E-state index in [0.29, 0.717) is 28.0 Å². The van der Waals surface area contributed by atoms with E-state index in [0.717, 1.165) is 44.6 Å². The fourth-order valence-electron chi connectivity index (χ4n) is 8.01. The Bertz CT molecular complexity index is 3490. The van der Waals surface area contributed by atoms with Crippen LogP contribution in [-0.2, 0) is 42.7 Å². The number of para-hydroxylation sites is 1. The molecule has 8 rings (SSSR count). The smallest absolute Gasteiger partial charge is 0.148 e. The molecule has 0 aliphatic rings. The van der Waals surface area contributed by atoms with Gasteiger partial charge in [-0.3, -0.25) is 9.55 Å². The predicted molar refractivity (Wildman–Crippen MR) is 266 cm³/mol. The van der Waals surface area contributed by atoms with Gasteiger partial charge in [0.15, 0.2) is 0 Å². The zero-order valence-corrected chi connectivity index (χ0v) is 41.0. The fourth-order valence-corrected chi connectivity index (χ4v) is 8.01. The van der Waals surface area contributed by atoms with Gasteiger partial charge in [0.25, 0.3) is 0 Å². The third-order valence-electron chi connectivity index (χ3n) is 11.6. The van der Waals surface area contributed by atoms with E-state index < -0.39 is 71.2 Å². The van der Waals surface area contributed by atoms with E-state index in [1.807, 2.05) is 69.3 Å². The molecule has 0 radical (unpaired) electrons. The second kappa shape index (κ2) is 17.1. The zero-order valence-electron chi connectivity index (χ0n) is 48.8. The standard InChI is InChI=1S/C59H62N3O.Pt/c1-37-22-24-38(25-23-37)40-28-29-60-51(33-40)42-30-41(31-43(32-42)56(2,3)4)47-20-17-21-52-53(47)61-55(48-34-44(57(5,6)7)35-50(54(48)63)59(11,12)13)62(52)45-26-27-46(39-18-15-14-16-19-39)49(36-45)58(8,9)10;/h14-29,31-36,63H,1-13H3;/q-1;/i1D3,22D,23D,24D,25D,28D,29D,33D;. The number of aromatic nitrogens is 3. The molecule has 2 aromatic heterocycles. The number of phenolic OH excluding ortho intramolecular Hbond substituents is 1. The number of aromatic hydroxyl groups is 1. The molecular formula is C59H62N3OPt-. The number of fused-ring (bicyclic) bond motifs is 1. The molecule has 8 aromatic rings. The van der Waals surface area contributed by atoms with Gasteiger partial charge in [0, 0.05) is 48.3 Å². The van der Waals surface area contributed by atoms with Crippen LogP contribution >= 0.6 is 0 Å². The maximum absolute atomic E-state index is 12.5. The van der Waals surface area contributed by atoms with Crippen molar-refractivity contribution in [3.05, 3.63) is 167 Å². The summed E-state index contributed by atoms with van der Waals surface area (Å²) in [5.74, 6) is 0.646. The van der Waals surface area contributed by atoms with Crippen molar-refractivity contribution >= 4 is 11.0 Å². The minimum absolute atomic E-state index is 0. The van der Waals surface area contributed by atoms with Gasteiger partial charge in [-0.1, -0.05) is 185 Å². The average Bonchev–Trinajstić information content (AvgIpc) is 3.68. The molecule has 64 heavy (non-hydrogen) atoms. The predicted octanol–water partition coefficient (Wildman–Crippen LogP) is 15.8. The van der Waals surface area contributed by atoms with Crippen molar-refractivity contribution in [2.75, 3.05) is 0 Å². The van der Waals surface area contributed by atoms with Gasteiger partial charge in [-0.2, -0.15) is 0 Å². The third-order valence-corrected chi connectivity index (χ3v) is 11.6. The van der Waals surface area contributed by atoms with Crippen LogP contribution in [0.15, 0.2) is 133 Å². The van der Waals surface area contributed by atoms with Crippen LogP contribution in [0.1, 0.15) is 125 Å². The first kappa shape index (κ1) is 34.8. The van der Waals surface area contributed by atoms with Crippen LogP contribution in [0, 0.1) is 12.9 Å². The Morgan fingerprint density at radius 2 is 1.25 bits per heavy atom. The quantitative estimate of drug-likeness (QED) is 0.169. The molecule has 5 heteroatoms. The van der Waals surface area contributed by atoms with E-state index in [1.165, 1.54) is 0 Å². The summed E-state index contributed by atoms with van der Waals surface area (Å²) in [6.45, 7) is 22.4. The molecule has 0 bridgehead atoms. The molecule has 4 nitrogen and oxygen atoms in total. The summed E-state index contributed by atoms with van der Waals surface area (Å²) in [6, 6.07) is 29.9. The molecule has 0 aliphatic carbocycles. The van der Waals surface area contributed by atoms with E-state index in [9.17, 15) is 6.48 Å². The maximum atomic E-state index is 12.5. The molecule has 0 saturated carbocycles. The van der Waals surface area contributed by atoms with Gasteiger partial charge in [-0.15, -0.1) is 29.3 Å². The first-order valence-electron chi connectivity index (χ1n) is 26.5. The van der Waals surface area contributed by atoms with E-state index in [1.54, 1.807) is 6.07 Å². The largest absolute Gasteiger partial charge is 0.507 e. The first-order valence-corrected chi connectivity index (χ1v) is 21.5. The van der Waals surface area contributed by atoms with E-state index in [2.05, 4.69) is 114 Å². The Kier molecular flexibility index (Phi) is 9.29. The molecule has 0 saturated heterocycles. The van der Waals surface area contributed by atoms with Crippen molar-refractivity contribution in [2.45, 2.75) is 112 Å². The molecule has 0 spiro atoms. The number of nitrogens with zero attached hydrogens (tertiary/aromatic N) is 3. The third kappa shape index (κ3) is 9.18. The number of pyridine rings is 1. The number of phenols is 1. The van der Waals surface area contributed by atoms with Crippen molar-refractivity contribution in [1.29, 1.82) is 0 Å². The second-order valence-electron chi connectivity index (χ2n) is 20.6. The van der Waals surface area contributed by atoms with Gasteiger partial charge < -0.3 is 5.11 Å². The van der Waals surface area contributed by atoms with Crippen molar-refractivity contribution in [2.24, 2.45) is 0 Å². The number of hydrogen-bond acceptors (Lipinski definition) is 3. The summed E-state index contributed by atoms with van der Waals surface area (Å²) in [5, 5.41) is 12.5. The number of imidazole rings is 1. The molecule has 2 heterocycles. The van der Waals surface area contributed by atoms with Crippen molar-refractivity contribution in [3.8, 4) is 67.5 Å². The minimum Gasteiger partial charge on any atom is -0.507 e. The number of hydrogen-bond donors (Lipinski definition) is 1. The van der Waals surface area contributed by atoms with Crippen molar-refractivity contribution in [1.82, 2.24) is 14.5 Å². The van der Waals surface area contributed by atoms with Gasteiger partial charge >= 0.3 is 0 Å². The van der Waals surface area contributed by atoms with Crippen LogP contribution in [0.25, 0.3) is 72.7 Å². The van der Waals surface area contributed by atoms with Gasteiger partial charge in [0.2, 0.25) is 0 Å². The number of rotatable bonds is 6. The monoisotopic (exact) mass is 1030 g/mol. The van der Waals surface area contributed by atoms with Crippen LogP contribution in [0.4, 0.5) is 0 Å². The van der Waals surface area contributed by atoms with Crippen LogP contribution in [0.5, 0.6) is 5.75 Å². The molecular weight excluding hydrogens is 962 g/mol. The first-order chi connectivity index (χ1) is 33.7. The maximum Gasteiger partial charge on any atom is 0.148 e. The summed E-state index contributed by atoms with van der Waals surface area (Å²) >= 11 is 0. The Hall–Kier alpha value is -5.57. The SMILES string of the molecule is [2H]c1nc(-c2[c-]c(-c3cccc4c3nc(-c3cc(C(C)(C)C)cc(C(C)(C)C)c3O)n4-c3ccc(-c4ccccc4)c(C(C)(C)C)c3)cc(C(C)(C)C)c2)c([2H])c(-c2c([2H])c([2H])c(C([2H])([2H])[2H])c([2H])c2[2H])c1[2H].[Pt]. The Morgan fingerprint density at radius 1 is 0.594 bits per heavy atom. The fraction of sp³-hybridized carbons (Fsp3) is 0.288. The molecule has 0 aliphatic heterocycles. The molecule has 1 N–H and O–H groups in total. The summed E-state index contributed by atoms with van der Waals surface area (Å²) in [7, 11) is 0. The molecule has 0 amide bonds. The van der Waals surface area contributed by atoms with Crippen molar-refractivity contribution < 1.29 is 39.9 Å². The van der Waals surface area contributed by atoms with Gasteiger partial charge in [-0.05, 0) is 92.2 Å².